The summed E-state index contributed by atoms with van der Waals surface area (Å²) in [6.07, 6.45) is 3.06. The van der Waals surface area contributed by atoms with Crippen LogP contribution < -0.4 is 5.32 Å². The topological polar surface area (TPSA) is 58.6 Å². The van der Waals surface area contributed by atoms with Crippen molar-refractivity contribution in [3.05, 3.63) is 50.9 Å². The fourth-order valence-electron chi connectivity index (χ4n) is 1.72. The first-order chi connectivity index (χ1) is 10.3. The van der Waals surface area contributed by atoms with E-state index in [-0.39, 0.29) is 25.2 Å². The summed E-state index contributed by atoms with van der Waals surface area (Å²) in [6.45, 7) is 0.595. The summed E-state index contributed by atoms with van der Waals surface area (Å²) in [5, 5.41) is 19.6. The summed E-state index contributed by atoms with van der Waals surface area (Å²) >= 11 is 3.17. The molecule has 2 aromatic heterocycles. The number of hydrogen-bond acceptors (Lipinski definition) is 5. The van der Waals surface area contributed by atoms with Gasteiger partial charge in [0.25, 0.3) is 0 Å². The van der Waals surface area contributed by atoms with Crippen LogP contribution in [0.4, 0.5) is 0 Å². The van der Waals surface area contributed by atoms with E-state index in [0.717, 1.165) is 11.1 Å². The predicted molar refractivity (Wildman–Crippen MR) is 86.5 cm³/mol. The molecular formula is C15H17NO3S2. The second-order valence-corrected chi connectivity index (χ2v) is 5.83. The van der Waals surface area contributed by atoms with Gasteiger partial charge >= 0.3 is 0 Å². The summed E-state index contributed by atoms with van der Waals surface area (Å²) in [5.74, 6) is -0.158. The molecule has 0 saturated carbocycles. The van der Waals surface area contributed by atoms with Crippen molar-refractivity contribution in [3.63, 3.8) is 0 Å². The van der Waals surface area contributed by atoms with E-state index in [2.05, 4.69) is 5.32 Å². The largest absolute Gasteiger partial charge is 0.394 e. The van der Waals surface area contributed by atoms with Gasteiger partial charge in [-0.15, -0.1) is 0 Å². The highest BCUT2D eigenvalue weighted by atomic mass is 32.1. The van der Waals surface area contributed by atoms with Crippen LogP contribution in [0.15, 0.2) is 39.7 Å². The number of aliphatic hydroxyl groups is 1. The third kappa shape index (κ3) is 5.43. The van der Waals surface area contributed by atoms with Crippen molar-refractivity contribution in [2.24, 2.45) is 0 Å². The number of nitrogens with one attached hydrogen (secondary N) is 1. The molecule has 21 heavy (non-hydrogen) atoms. The van der Waals surface area contributed by atoms with E-state index in [1.54, 1.807) is 28.7 Å². The lowest BCUT2D eigenvalue weighted by atomic mass is 10.2. The van der Waals surface area contributed by atoms with Crippen molar-refractivity contribution >= 4 is 34.7 Å². The first kappa shape index (κ1) is 15.9. The Hall–Kier alpha value is -1.47. The standard InChI is InChI=1S/C15H17NO3S2/c17-5-6-19-14(13-4-8-21-11-13)9-16-15(18)2-1-12-3-7-20-10-12/h1-4,7-8,10-11,14,17H,5-6,9H2,(H,16,18)/b2-1+. The zero-order chi connectivity index (χ0) is 14.9. The molecule has 2 aromatic rings. The minimum atomic E-state index is -0.234. The van der Waals surface area contributed by atoms with E-state index in [0.29, 0.717) is 6.54 Å². The SMILES string of the molecule is O=C(/C=C/c1ccsc1)NCC(OCCO)c1ccsc1. The monoisotopic (exact) mass is 323 g/mol. The Morgan fingerprint density at radius 3 is 2.81 bits per heavy atom. The van der Waals surface area contributed by atoms with Crippen molar-refractivity contribution in [3.8, 4) is 0 Å². The zero-order valence-electron chi connectivity index (χ0n) is 11.4. The Kier molecular flexibility index (Phi) is 6.62. The Labute approximate surface area is 131 Å². The quantitative estimate of drug-likeness (QED) is 0.734. The Morgan fingerprint density at radius 1 is 1.33 bits per heavy atom. The summed E-state index contributed by atoms with van der Waals surface area (Å²) in [5.41, 5.74) is 2.02. The molecule has 0 aliphatic heterocycles. The summed E-state index contributed by atoms with van der Waals surface area (Å²) in [4.78, 5) is 11.8. The maximum Gasteiger partial charge on any atom is 0.244 e. The van der Waals surface area contributed by atoms with E-state index < -0.39 is 0 Å². The number of aliphatic hydroxyl groups excluding tert-OH is 1. The number of hydrogen-bond donors (Lipinski definition) is 2. The Balaban J connectivity index is 1.84. The molecule has 2 heterocycles. The summed E-state index contributed by atoms with van der Waals surface area (Å²) in [6, 6.07) is 3.91. The van der Waals surface area contributed by atoms with Crippen LogP contribution in [0.1, 0.15) is 17.2 Å². The van der Waals surface area contributed by atoms with Gasteiger partial charge in [-0.3, -0.25) is 4.79 Å². The molecule has 6 heteroatoms. The molecule has 0 aliphatic rings. The molecule has 112 valence electrons. The maximum atomic E-state index is 11.8. The highest BCUT2D eigenvalue weighted by molar-refractivity contribution is 7.08. The van der Waals surface area contributed by atoms with E-state index >= 15 is 0 Å². The van der Waals surface area contributed by atoms with Gasteiger partial charge in [-0.25, -0.2) is 0 Å². The van der Waals surface area contributed by atoms with E-state index in [1.165, 1.54) is 6.08 Å². The van der Waals surface area contributed by atoms with Crippen molar-refractivity contribution < 1.29 is 14.6 Å². The number of amides is 1. The molecule has 0 bridgehead atoms. The van der Waals surface area contributed by atoms with E-state index in [9.17, 15) is 4.79 Å². The van der Waals surface area contributed by atoms with E-state index in [4.69, 9.17) is 9.84 Å². The number of carbonyl (C=O) groups excluding carboxylic acids is 1. The van der Waals surface area contributed by atoms with Gasteiger partial charge < -0.3 is 15.2 Å². The fraction of sp³-hybridized carbons (Fsp3) is 0.267. The van der Waals surface area contributed by atoms with Gasteiger partial charge in [-0.05, 0) is 50.9 Å². The molecule has 1 amide bonds. The summed E-state index contributed by atoms with van der Waals surface area (Å²) in [7, 11) is 0. The second-order valence-electron chi connectivity index (χ2n) is 4.27. The molecule has 1 atom stereocenters. The predicted octanol–water partition coefficient (Wildman–Crippen LogP) is 2.69. The summed E-state index contributed by atoms with van der Waals surface area (Å²) < 4.78 is 5.56. The number of ether oxygens (including phenoxy) is 1. The zero-order valence-corrected chi connectivity index (χ0v) is 13.0. The van der Waals surface area contributed by atoms with Gasteiger partial charge in [0.15, 0.2) is 0 Å². The average Bonchev–Trinajstić information content (AvgIpc) is 3.18. The molecule has 0 spiro atoms. The molecule has 0 fully saturated rings. The van der Waals surface area contributed by atoms with Gasteiger partial charge in [0.2, 0.25) is 5.91 Å². The van der Waals surface area contributed by atoms with Crippen LogP contribution in [-0.4, -0.2) is 30.8 Å². The van der Waals surface area contributed by atoms with Crippen LogP contribution in [-0.2, 0) is 9.53 Å². The van der Waals surface area contributed by atoms with Crippen LogP contribution in [0.2, 0.25) is 0 Å². The molecule has 0 aliphatic carbocycles. The van der Waals surface area contributed by atoms with Crippen LogP contribution in [0.25, 0.3) is 6.08 Å². The van der Waals surface area contributed by atoms with Crippen LogP contribution in [0, 0.1) is 0 Å². The molecule has 2 N–H and O–H groups in total. The third-order valence-corrected chi connectivity index (χ3v) is 4.16. The van der Waals surface area contributed by atoms with Crippen LogP contribution >= 0.6 is 22.7 Å². The molecule has 4 nitrogen and oxygen atoms in total. The minimum Gasteiger partial charge on any atom is -0.394 e. The van der Waals surface area contributed by atoms with Gasteiger partial charge in [0.1, 0.15) is 6.10 Å². The normalized spacial score (nSPS) is 12.6. The number of thiophene rings is 2. The van der Waals surface area contributed by atoms with Gasteiger partial charge in [-0.1, -0.05) is 0 Å². The van der Waals surface area contributed by atoms with Gasteiger partial charge in [0.05, 0.1) is 13.2 Å². The van der Waals surface area contributed by atoms with Gasteiger partial charge in [-0.2, -0.15) is 22.7 Å². The molecule has 0 saturated heterocycles. The van der Waals surface area contributed by atoms with Crippen molar-refractivity contribution in [1.29, 1.82) is 0 Å². The number of carbonyl (C=O) groups is 1. The number of rotatable bonds is 8. The maximum absolute atomic E-state index is 11.8. The minimum absolute atomic E-state index is 0.0351. The average molecular weight is 323 g/mol. The lowest BCUT2D eigenvalue weighted by Crippen LogP contribution is -2.28. The van der Waals surface area contributed by atoms with Crippen LogP contribution in [0.3, 0.4) is 0 Å². The van der Waals surface area contributed by atoms with Crippen molar-refractivity contribution in [1.82, 2.24) is 5.32 Å². The Bertz CT molecular complexity index is 550. The van der Waals surface area contributed by atoms with Crippen molar-refractivity contribution in [2.75, 3.05) is 19.8 Å². The smallest absolute Gasteiger partial charge is 0.244 e. The fourth-order valence-corrected chi connectivity index (χ4v) is 3.05. The first-order valence-electron chi connectivity index (χ1n) is 6.52. The highest BCUT2D eigenvalue weighted by Gasteiger charge is 2.13. The molecular weight excluding hydrogens is 306 g/mol. The van der Waals surface area contributed by atoms with Crippen LogP contribution in [0.5, 0.6) is 0 Å². The lowest BCUT2D eigenvalue weighted by molar-refractivity contribution is -0.117. The third-order valence-electron chi connectivity index (χ3n) is 2.76. The molecule has 0 radical (unpaired) electrons. The molecule has 0 aromatic carbocycles. The van der Waals surface area contributed by atoms with E-state index in [1.807, 2.05) is 33.7 Å². The Morgan fingerprint density at radius 2 is 2.14 bits per heavy atom. The van der Waals surface area contributed by atoms with Crippen molar-refractivity contribution in [2.45, 2.75) is 6.10 Å². The second kappa shape index (κ2) is 8.74. The molecule has 2 rings (SSSR count). The van der Waals surface area contributed by atoms with Gasteiger partial charge in [0, 0.05) is 12.6 Å². The lowest BCUT2D eigenvalue weighted by Gasteiger charge is -2.16. The molecule has 1 unspecified atom stereocenters. The first-order valence-corrected chi connectivity index (χ1v) is 8.41. The highest BCUT2D eigenvalue weighted by Crippen LogP contribution is 2.19.